The number of benzene rings is 4. The first-order valence-electron chi connectivity index (χ1n) is 17.7. The van der Waals surface area contributed by atoms with Crippen LogP contribution in [0.2, 0.25) is 0 Å². The Morgan fingerprint density at radius 3 is 2.00 bits per heavy atom. The summed E-state index contributed by atoms with van der Waals surface area (Å²) in [7, 11) is 4.03. The monoisotopic (exact) mass is 712 g/mol. The van der Waals surface area contributed by atoms with E-state index in [0.29, 0.717) is 50.5 Å². The molecule has 0 radical (unpaired) electrons. The molecule has 1 aliphatic rings. The van der Waals surface area contributed by atoms with E-state index in [4.69, 9.17) is 4.74 Å². The maximum Gasteiger partial charge on any atom is 0.416 e. The summed E-state index contributed by atoms with van der Waals surface area (Å²) in [6.07, 6.45) is -0.441. The van der Waals surface area contributed by atoms with Crippen LogP contribution in [0.5, 0.6) is 5.75 Å². The molecule has 1 atom stereocenters. The third-order valence-electron chi connectivity index (χ3n) is 9.10. The summed E-state index contributed by atoms with van der Waals surface area (Å²) in [5.74, 6) is 0.161. The number of hydrogen-bond acceptors (Lipinski definition) is 5. The third kappa shape index (κ3) is 11.5. The number of carbonyl (C=O) groups is 2. The van der Waals surface area contributed by atoms with Gasteiger partial charge in [0.15, 0.2) is 0 Å². The highest BCUT2D eigenvalue weighted by Gasteiger charge is 2.34. The van der Waals surface area contributed by atoms with E-state index in [-0.39, 0.29) is 12.5 Å². The lowest BCUT2D eigenvalue weighted by atomic mass is 10.0. The van der Waals surface area contributed by atoms with Crippen molar-refractivity contribution in [2.24, 2.45) is 0 Å². The smallest absolute Gasteiger partial charge is 0.416 e. The molecule has 0 bridgehead atoms. The first-order chi connectivity index (χ1) is 25.0. The molecule has 7 nitrogen and oxygen atoms in total. The predicted molar refractivity (Wildman–Crippen MR) is 198 cm³/mol. The van der Waals surface area contributed by atoms with Crippen molar-refractivity contribution in [1.82, 2.24) is 19.6 Å². The lowest BCUT2D eigenvalue weighted by molar-refractivity contribution is -0.145. The van der Waals surface area contributed by atoms with Gasteiger partial charge in [-0.25, -0.2) is 0 Å². The van der Waals surface area contributed by atoms with Gasteiger partial charge < -0.3 is 19.4 Å². The molecule has 10 heteroatoms. The summed E-state index contributed by atoms with van der Waals surface area (Å²) in [5.41, 5.74) is 2.62. The molecule has 4 aromatic rings. The fourth-order valence-corrected chi connectivity index (χ4v) is 6.19. The first kappa shape index (κ1) is 38.3. The van der Waals surface area contributed by atoms with Crippen LogP contribution in [0.15, 0.2) is 115 Å². The molecule has 2 amide bonds. The zero-order valence-electron chi connectivity index (χ0n) is 29.8. The minimum atomic E-state index is -4.46. The molecule has 1 saturated heterocycles. The Morgan fingerprint density at radius 2 is 1.40 bits per heavy atom. The zero-order valence-corrected chi connectivity index (χ0v) is 29.8. The van der Waals surface area contributed by atoms with Gasteiger partial charge in [0.2, 0.25) is 11.8 Å². The van der Waals surface area contributed by atoms with Crippen molar-refractivity contribution in [2.45, 2.75) is 38.1 Å². The molecule has 0 saturated carbocycles. The molecule has 1 fully saturated rings. The highest BCUT2D eigenvalue weighted by molar-refractivity contribution is 5.95. The van der Waals surface area contributed by atoms with Gasteiger partial charge in [-0.2, -0.15) is 13.2 Å². The fourth-order valence-electron chi connectivity index (χ4n) is 6.19. The number of rotatable bonds is 15. The molecule has 0 spiro atoms. The first-order valence-corrected chi connectivity index (χ1v) is 17.7. The summed E-state index contributed by atoms with van der Waals surface area (Å²) in [6.45, 7) is 4.89. The number of ether oxygens (including phenoxy) is 1. The Hall–Kier alpha value is -4.93. The highest BCUT2D eigenvalue weighted by Crippen LogP contribution is 2.29. The highest BCUT2D eigenvalue weighted by atomic mass is 19.4. The van der Waals surface area contributed by atoms with Crippen LogP contribution in [-0.4, -0.2) is 90.9 Å². The van der Waals surface area contributed by atoms with Gasteiger partial charge in [-0.3, -0.25) is 14.5 Å². The Bertz CT molecular complexity index is 1720. The molecule has 0 aromatic heterocycles. The standard InChI is InChI=1S/C42H47F3N4O3/c1-46(2)24-9-29-52-38-21-16-36(17-22-38)32-49(40(50)23-18-33-14-19-37(20-15-33)42(43,44)45)39(30-34-10-5-3-6-11-34)41(51)48-27-25-47(26-28-48)31-35-12-7-4-8-13-35/h3-8,10-23,39H,9,24-32H2,1-2H3/t39-/m0/s1. The molecule has 1 aliphatic heterocycles. The van der Waals surface area contributed by atoms with E-state index < -0.39 is 23.7 Å². The number of piperazine rings is 1. The summed E-state index contributed by atoms with van der Waals surface area (Å²) in [5, 5.41) is 0. The van der Waals surface area contributed by atoms with Gasteiger partial charge in [0.25, 0.3) is 0 Å². The fraction of sp³-hybridized carbons (Fsp3) is 0.333. The Balaban J connectivity index is 1.39. The van der Waals surface area contributed by atoms with Gasteiger partial charge in [-0.05, 0) is 73.1 Å². The predicted octanol–water partition coefficient (Wildman–Crippen LogP) is 7.03. The molecular formula is C42H47F3N4O3. The Labute approximate surface area is 304 Å². The Morgan fingerprint density at radius 1 is 0.788 bits per heavy atom. The van der Waals surface area contributed by atoms with Crippen LogP contribution in [-0.2, 0) is 35.3 Å². The summed E-state index contributed by atoms with van der Waals surface area (Å²) >= 11 is 0. The van der Waals surface area contributed by atoms with Crippen LogP contribution in [0, 0.1) is 0 Å². The van der Waals surface area contributed by atoms with Crippen LogP contribution in [0.25, 0.3) is 6.08 Å². The van der Waals surface area contributed by atoms with E-state index in [1.165, 1.54) is 29.8 Å². The van der Waals surface area contributed by atoms with E-state index in [1.807, 2.05) is 91.8 Å². The molecule has 4 aromatic carbocycles. The van der Waals surface area contributed by atoms with Crippen molar-refractivity contribution in [2.75, 3.05) is 53.4 Å². The average molecular weight is 713 g/mol. The van der Waals surface area contributed by atoms with Crippen LogP contribution in [0.3, 0.4) is 0 Å². The number of halogens is 3. The number of hydrogen-bond donors (Lipinski definition) is 0. The molecular weight excluding hydrogens is 665 g/mol. The van der Waals surface area contributed by atoms with E-state index >= 15 is 0 Å². The van der Waals surface area contributed by atoms with Crippen LogP contribution in [0.1, 0.15) is 34.2 Å². The summed E-state index contributed by atoms with van der Waals surface area (Å²) < 4.78 is 45.4. The van der Waals surface area contributed by atoms with Gasteiger partial charge >= 0.3 is 6.18 Å². The van der Waals surface area contributed by atoms with Crippen LogP contribution < -0.4 is 4.74 Å². The molecule has 0 aliphatic carbocycles. The van der Waals surface area contributed by atoms with Gasteiger partial charge in [0.05, 0.1) is 12.2 Å². The molecule has 0 unspecified atom stereocenters. The van der Waals surface area contributed by atoms with Crippen molar-refractivity contribution in [3.8, 4) is 5.75 Å². The molecule has 0 N–H and O–H groups in total. The quantitative estimate of drug-likeness (QED) is 0.0979. The second-order valence-corrected chi connectivity index (χ2v) is 13.4. The maximum absolute atomic E-state index is 14.5. The molecule has 5 rings (SSSR count). The number of amides is 2. The van der Waals surface area contributed by atoms with E-state index in [2.05, 4.69) is 21.9 Å². The largest absolute Gasteiger partial charge is 0.494 e. The number of nitrogens with zero attached hydrogens (tertiary/aromatic N) is 4. The minimum Gasteiger partial charge on any atom is -0.494 e. The third-order valence-corrected chi connectivity index (χ3v) is 9.10. The van der Waals surface area contributed by atoms with Gasteiger partial charge in [-0.1, -0.05) is 84.9 Å². The summed E-state index contributed by atoms with van der Waals surface area (Å²) in [6, 6.07) is 31.2. The molecule has 274 valence electrons. The normalized spacial score (nSPS) is 14.5. The average Bonchev–Trinajstić information content (AvgIpc) is 3.15. The summed E-state index contributed by atoms with van der Waals surface area (Å²) in [4.78, 5) is 36.5. The van der Waals surface area contributed by atoms with Crippen LogP contribution in [0.4, 0.5) is 13.2 Å². The van der Waals surface area contributed by atoms with Crippen molar-refractivity contribution in [1.29, 1.82) is 0 Å². The topological polar surface area (TPSA) is 56.3 Å². The van der Waals surface area contributed by atoms with Gasteiger partial charge in [-0.15, -0.1) is 0 Å². The SMILES string of the molecule is CN(C)CCCOc1ccc(CN(C(=O)C=Cc2ccc(C(F)(F)F)cc2)[C@@H](Cc2ccccc2)C(=O)N2CCN(Cc3ccccc3)CC2)cc1. The van der Waals surface area contributed by atoms with E-state index in [0.717, 1.165) is 42.8 Å². The van der Waals surface area contributed by atoms with Crippen molar-refractivity contribution in [3.05, 3.63) is 143 Å². The molecule has 1 heterocycles. The number of carbonyl (C=O) groups excluding carboxylic acids is 2. The van der Waals surface area contributed by atoms with E-state index in [9.17, 15) is 22.8 Å². The minimum absolute atomic E-state index is 0.139. The number of alkyl halides is 3. The van der Waals surface area contributed by atoms with E-state index in [1.54, 1.807) is 4.90 Å². The van der Waals surface area contributed by atoms with Crippen molar-refractivity contribution >= 4 is 17.9 Å². The lowest BCUT2D eigenvalue weighted by Crippen LogP contribution is -2.56. The van der Waals surface area contributed by atoms with Crippen molar-refractivity contribution < 1.29 is 27.5 Å². The van der Waals surface area contributed by atoms with Gasteiger partial charge in [0.1, 0.15) is 11.8 Å². The Kier molecular flexibility index (Phi) is 13.6. The molecule has 52 heavy (non-hydrogen) atoms. The second-order valence-electron chi connectivity index (χ2n) is 13.4. The van der Waals surface area contributed by atoms with Crippen molar-refractivity contribution in [3.63, 3.8) is 0 Å². The lowest BCUT2D eigenvalue weighted by Gasteiger charge is -2.39. The van der Waals surface area contributed by atoms with Gasteiger partial charge in [0, 0.05) is 58.3 Å². The second kappa shape index (κ2) is 18.5. The zero-order chi connectivity index (χ0) is 36.9. The van der Waals surface area contributed by atoms with Crippen LogP contribution >= 0.6 is 0 Å². The maximum atomic E-state index is 14.5.